The van der Waals surface area contributed by atoms with Crippen LogP contribution in [0.4, 0.5) is 4.79 Å². The van der Waals surface area contributed by atoms with Gasteiger partial charge >= 0.3 is 6.09 Å². The first-order chi connectivity index (χ1) is 8.59. The van der Waals surface area contributed by atoms with Gasteiger partial charge in [-0.1, -0.05) is 18.2 Å². The maximum Gasteiger partial charge on any atom is 0.407 e. The Morgan fingerprint density at radius 2 is 2.06 bits per heavy atom. The Morgan fingerprint density at radius 3 is 2.72 bits per heavy atom. The normalized spacial score (nSPS) is 19.6. The maximum absolute atomic E-state index is 11.4. The molecule has 5 nitrogen and oxygen atoms in total. The molecule has 1 atom stereocenters. The molecule has 1 aliphatic rings. The SMILES string of the molecule is NC(=O)c1ccccc1C1CCCN(C(=O)O)C1. The van der Waals surface area contributed by atoms with Crippen molar-refractivity contribution in [2.45, 2.75) is 18.8 Å². The number of nitrogens with two attached hydrogens (primary N) is 1. The smallest absolute Gasteiger partial charge is 0.407 e. The number of carbonyl (C=O) groups excluding carboxylic acids is 1. The number of rotatable bonds is 2. The van der Waals surface area contributed by atoms with Gasteiger partial charge in [0.25, 0.3) is 0 Å². The zero-order valence-corrected chi connectivity index (χ0v) is 10.0. The highest BCUT2D eigenvalue weighted by molar-refractivity contribution is 5.94. The number of benzene rings is 1. The molecule has 1 unspecified atom stereocenters. The Kier molecular flexibility index (Phi) is 3.50. The van der Waals surface area contributed by atoms with Crippen LogP contribution in [0.25, 0.3) is 0 Å². The van der Waals surface area contributed by atoms with E-state index in [-0.39, 0.29) is 5.92 Å². The topological polar surface area (TPSA) is 83.6 Å². The number of carboxylic acid groups (broad SMARTS) is 1. The highest BCUT2D eigenvalue weighted by atomic mass is 16.4. The average molecular weight is 248 g/mol. The van der Waals surface area contributed by atoms with E-state index in [9.17, 15) is 9.59 Å². The van der Waals surface area contributed by atoms with Gasteiger partial charge in [0.05, 0.1) is 0 Å². The Balaban J connectivity index is 2.26. The number of nitrogens with zero attached hydrogens (tertiary/aromatic N) is 1. The summed E-state index contributed by atoms with van der Waals surface area (Å²) in [5.74, 6) is -0.406. The second kappa shape index (κ2) is 5.08. The van der Waals surface area contributed by atoms with Gasteiger partial charge in [0.1, 0.15) is 0 Å². The highest BCUT2D eigenvalue weighted by Crippen LogP contribution is 2.29. The fourth-order valence-electron chi connectivity index (χ4n) is 2.48. The molecule has 2 rings (SSSR count). The Labute approximate surface area is 105 Å². The zero-order valence-electron chi connectivity index (χ0n) is 10.0. The molecule has 2 amide bonds. The number of hydrogen-bond acceptors (Lipinski definition) is 2. The lowest BCUT2D eigenvalue weighted by molar-refractivity contribution is 0.0998. The molecule has 0 spiro atoms. The van der Waals surface area contributed by atoms with Crippen molar-refractivity contribution >= 4 is 12.0 Å². The van der Waals surface area contributed by atoms with E-state index in [0.29, 0.717) is 18.7 Å². The maximum atomic E-state index is 11.4. The third-order valence-corrected chi connectivity index (χ3v) is 3.36. The molecular weight excluding hydrogens is 232 g/mol. The fraction of sp³-hybridized carbons (Fsp3) is 0.385. The molecule has 0 saturated carbocycles. The number of hydrogen-bond donors (Lipinski definition) is 2. The van der Waals surface area contributed by atoms with Crippen LogP contribution in [0.15, 0.2) is 24.3 Å². The van der Waals surface area contributed by atoms with Gasteiger partial charge < -0.3 is 15.7 Å². The van der Waals surface area contributed by atoms with Crippen LogP contribution in [0.5, 0.6) is 0 Å². The van der Waals surface area contributed by atoms with Gasteiger partial charge in [0.15, 0.2) is 0 Å². The molecule has 1 aromatic rings. The van der Waals surface area contributed by atoms with Crippen molar-refractivity contribution in [3.63, 3.8) is 0 Å². The lowest BCUT2D eigenvalue weighted by Crippen LogP contribution is -2.38. The quantitative estimate of drug-likeness (QED) is 0.834. The molecular formula is C13H16N2O3. The van der Waals surface area contributed by atoms with Gasteiger partial charge in [-0.05, 0) is 24.5 Å². The third kappa shape index (κ3) is 2.45. The molecule has 5 heteroatoms. The molecule has 1 aliphatic heterocycles. The molecule has 3 N–H and O–H groups in total. The number of carbonyl (C=O) groups is 2. The van der Waals surface area contributed by atoms with Crippen molar-refractivity contribution in [2.24, 2.45) is 5.73 Å². The van der Waals surface area contributed by atoms with Crippen LogP contribution in [0.1, 0.15) is 34.7 Å². The molecule has 0 bridgehead atoms. The minimum atomic E-state index is -0.906. The lowest BCUT2D eigenvalue weighted by Gasteiger charge is -2.31. The predicted molar refractivity (Wildman–Crippen MR) is 66.5 cm³/mol. The van der Waals surface area contributed by atoms with Gasteiger partial charge in [-0.25, -0.2) is 4.79 Å². The number of primary amides is 1. The van der Waals surface area contributed by atoms with E-state index in [1.54, 1.807) is 12.1 Å². The summed E-state index contributed by atoms with van der Waals surface area (Å²) in [7, 11) is 0. The fourth-order valence-corrected chi connectivity index (χ4v) is 2.48. The van der Waals surface area contributed by atoms with E-state index < -0.39 is 12.0 Å². The molecule has 1 saturated heterocycles. The van der Waals surface area contributed by atoms with Crippen molar-refractivity contribution in [1.82, 2.24) is 4.90 Å². The largest absolute Gasteiger partial charge is 0.465 e. The van der Waals surface area contributed by atoms with Crippen LogP contribution < -0.4 is 5.73 Å². The van der Waals surface area contributed by atoms with Gasteiger partial charge in [0.2, 0.25) is 5.91 Å². The molecule has 0 aliphatic carbocycles. The summed E-state index contributed by atoms with van der Waals surface area (Å²) in [6, 6.07) is 7.16. The van der Waals surface area contributed by atoms with Crippen molar-refractivity contribution in [3.8, 4) is 0 Å². The highest BCUT2D eigenvalue weighted by Gasteiger charge is 2.26. The van der Waals surface area contributed by atoms with Crippen LogP contribution in [0.3, 0.4) is 0 Å². The second-order valence-corrected chi connectivity index (χ2v) is 4.52. The van der Waals surface area contributed by atoms with Crippen LogP contribution in [-0.2, 0) is 0 Å². The number of likely N-dealkylation sites (tertiary alicyclic amines) is 1. The van der Waals surface area contributed by atoms with Gasteiger partial charge in [-0.15, -0.1) is 0 Å². The molecule has 18 heavy (non-hydrogen) atoms. The van der Waals surface area contributed by atoms with E-state index in [2.05, 4.69) is 0 Å². The minimum absolute atomic E-state index is 0.0542. The van der Waals surface area contributed by atoms with Crippen LogP contribution >= 0.6 is 0 Å². The van der Waals surface area contributed by atoms with Gasteiger partial charge in [-0.2, -0.15) is 0 Å². The summed E-state index contributed by atoms with van der Waals surface area (Å²) in [5, 5.41) is 9.02. The third-order valence-electron chi connectivity index (χ3n) is 3.36. The standard InChI is InChI=1S/C13H16N2O3/c14-12(16)11-6-2-1-5-10(11)9-4-3-7-15(8-9)13(17)18/h1-2,5-6,9H,3-4,7-8H2,(H2,14,16)(H,17,18). The predicted octanol–water partition coefficient (Wildman–Crippen LogP) is 1.64. The Bertz CT molecular complexity index is 473. The summed E-state index contributed by atoms with van der Waals surface area (Å²) in [6.07, 6.45) is 0.786. The summed E-state index contributed by atoms with van der Waals surface area (Å²) in [5.41, 5.74) is 6.70. The lowest BCUT2D eigenvalue weighted by atomic mass is 9.87. The average Bonchev–Trinajstić information content (AvgIpc) is 2.39. The first-order valence-corrected chi connectivity index (χ1v) is 5.96. The van der Waals surface area contributed by atoms with Crippen LogP contribution in [0, 0.1) is 0 Å². The van der Waals surface area contributed by atoms with Crippen molar-refractivity contribution in [1.29, 1.82) is 0 Å². The zero-order chi connectivity index (χ0) is 13.1. The monoisotopic (exact) mass is 248 g/mol. The van der Waals surface area contributed by atoms with Gasteiger partial charge in [-0.3, -0.25) is 4.79 Å². The molecule has 1 heterocycles. The summed E-state index contributed by atoms with van der Waals surface area (Å²) < 4.78 is 0. The summed E-state index contributed by atoms with van der Waals surface area (Å²) in [4.78, 5) is 23.8. The van der Waals surface area contributed by atoms with E-state index in [0.717, 1.165) is 18.4 Å². The van der Waals surface area contributed by atoms with Gasteiger partial charge in [0, 0.05) is 24.6 Å². The Hall–Kier alpha value is -2.04. The van der Waals surface area contributed by atoms with E-state index in [4.69, 9.17) is 10.8 Å². The van der Waals surface area contributed by atoms with Crippen molar-refractivity contribution < 1.29 is 14.7 Å². The second-order valence-electron chi connectivity index (χ2n) is 4.52. The molecule has 0 aromatic heterocycles. The van der Waals surface area contributed by atoms with E-state index >= 15 is 0 Å². The van der Waals surface area contributed by atoms with Crippen molar-refractivity contribution in [2.75, 3.05) is 13.1 Å². The van der Waals surface area contributed by atoms with Crippen molar-refractivity contribution in [3.05, 3.63) is 35.4 Å². The number of amides is 2. The molecule has 0 radical (unpaired) electrons. The summed E-state index contributed by atoms with van der Waals surface area (Å²) in [6.45, 7) is 0.990. The van der Waals surface area contributed by atoms with E-state index in [1.165, 1.54) is 4.90 Å². The van der Waals surface area contributed by atoms with Crippen LogP contribution in [-0.4, -0.2) is 35.1 Å². The molecule has 96 valence electrons. The minimum Gasteiger partial charge on any atom is -0.465 e. The number of piperidine rings is 1. The summed E-state index contributed by atoms with van der Waals surface area (Å²) >= 11 is 0. The molecule has 1 fully saturated rings. The Morgan fingerprint density at radius 1 is 1.33 bits per heavy atom. The first kappa shape index (κ1) is 12.4. The molecule has 1 aromatic carbocycles. The van der Waals surface area contributed by atoms with Crippen LogP contribution in [0.2, 0.25) is 0 Å². The first-order valence-electron chi connectivity index (χ1n) is 5.96. The van der Waals surface area contributed by atoms with E-state index in [1.807, 2.05) is 12.1 Å².